The van der Waals surface area contributed by atoms with Gasteiger partial charge in [-0.25, -0.2) is 0 Å². The van der Waals surface area contributed by atoms with Crippen LogP contribution in [0.1, 0.15) is 29.8 Å². The molecule has 27 heavy (non-hydrogen) atoms. The van der Waals surface area contributed by atoms with Crippen molar-refractivity contribution in [3.8, 4) is 11.5 Å². The molecule has 0 saturated heterocycles. The number of methoxy groups -OCH3 is 2. The fourth-order valence-electron chi connectivity index (χ4n) is 2.80. The van der Waals surface area contributed by atoms with Crippen molar-refractivity contribution in [3.05, 3.63) is 53.6 Å². The van der Waals surface area contributed by atoms with Gasteiger partial charge in [0.05, 0.1) is 20.6 Å². The SMILES string of the molecule is CCN(CC)C(=O)c1cccc(NC(=O)Cc2ccc(OC)c(OC)c2)c1. The Morgan fingerprint density at radius 1 is 0.963 bits per heavy atom. The second kappa shape index (κ2) is 9.62. The van der Waals surface area contributed by atoms with Crippen molar-refractivity contribution < 1.29 is 19.1 Å². The Bertz CT molecular complexity index is 801. The highest BCUT2D eigenvalue weighted by atomic mass is 16.5. The number of rotatable bonds is 8. The first-order chi connectivity index (χ1) is 13.0. The summed E-state index contributed by atoms with van der Waals surface area (Å²) in [5.74, 6) is 0.976. The van der Waals surface area contributed by atoms with Gasteiger partial charge in [-0.3, -0.25) is 9.59 Å². The zero-order chi connectivity index (χ0) is 19.8. The molecule has 0 aliphatic carbocycles. The van der Waals surface area contributed by atoms with Crippen molar-refractivity contribution in [3.63, 3.8) is 0 Å². The number of carbonyl (C=O) groups excluding carboxylic acids is 2. The minimum Gasteiger partial charge on any atom is -0.493 e. The van der Waals surface area contributed by atoms with Crippen molar-refractivity contribution in [2.75, 3.05) is 32.6 Å². The summed E-state index contributed by atoms with van der Waals surface area (Å²) >= 11 is 0. The number of nitrogens with zero attached hydrogens (tertiary/aromatic N) is 1. The Kier molecular flexibility index (Phi) is 7.23. The van der Waals surface area contributed by atoms with E-state index in [2.05, 4.69) is 5.32 Å². The van der Waals surface area contributed by atoms with Crippen LogP contribution in [0.25, 0.3) is 0 Å². The summed E-state index contributed by atoms with van der Waals surface area (Å²) in [7, 11) is 3.12. The monoisotopic (exact) mass is 370 g/mol. The lowest BCUT2D eigenvalue weighted by atomic mass is 10.1. The lowest BCUT2D eigenvalue weighted by Crippen LogP contribution is -2.30. The van der Waals surface area contributed by atoms with Crippen LogP contribution in [-0.4, -0.2) is 44.0 Å². The zero-order valence-corrected chi connectivity index (χ0v) is 16.2. The topological polar surface area (TPSA) is 67.9 Å². The normalized spacial score (nSPS) is 10.2. The van der Waals surface area contributed by atoms with Gasteiger partial charge in [0.25, 0.3) is 5.91 Å². The van der Waals surface area contributed by atoms with Crippen LogP contribution in [0.3, 0.4) is 0 Å². The molecular formula is C21H26N2O4. The number of amides is 2. The maximum Gasteiger partial charge on any atom is 0.253 e. The number of nitrogens with one attached hydrogen (secondary N) is 1. The second-order valence-electron chi connectivity index (χ2n) is 5.97. The molecule has 144 valence electrons. The molecule has 0 atom stereocenters. The van der Waals surface area contributed by atoms with Crippen LogP contribution in [0, 0.1) is 0 Å². The first kappa shape index (κ1) is 20.3. The van der Waals surface area contributed by atoms with Gasteiger partial charge in [-0.15, -0.1) is 0 Å². The molecule has 0 spiro atoms. The Morgan fingerprint density at radius 2 is 1.67 bits per heavy atom. The third-order valence-corrected chi connectivity index (χ3v) is 4.26. The van der Waals surface area contributed by atoms with E-state index in [0.29, 0.717) is 35.8 Å². The molecule has 0 aliphatic heterocycles. The van der Waals surface area contributed by atoms with E-state index in [9.17, 15) is 9.59 Å². The summed E-state index contributed by atoms with van der Waals surface area (Å²) in [6.45, 7) is 5.17. The van der Waals surface area contributed by atoms with Gasteiger partial charge in [-0.2, -0.15) is 0 Å². The van der Waals surface area contributed by atoms with Crippen LogP contribution in [0.15, 0.2) is 42.5 Å². The fourth-order valence-corrected chi connectivity index (χ4v) is 2.80. The summed E-state index contributed by atoms with van der Waals surface area (Å²) in [6.07, 6.45) is 0.189. The van der Waals surface area contributed by atoms with Gasteiger partial charge in [0.2, 0.25) is 5.91 Å². The van der Waals surface area contributed by atoms with E-state index >= 15 is 0 Å². The highest BCUT2D eigenvalue weighted by molar-refractivity contribution is 5.97. The average Bonchev–Trinajstić information content (AvgIpc) is 2.68. The molecule has 6 nitrogen and oxygen atoms in total. The van der Waals surface area contributed by atoms with E-state index in [0.717, 1.165) is 5.56 Å². The van der Waals surface area contributed by atoms with E-state index in [1.807, 2.05) is 19.9 Å². The van der Waals surface area contributed by atoms with E-state index in [-0.39, 0.29) is 18.2 Å². The largest absolute Gasteiger partial charge is 0.493 e. The molecule has 6 heteroatoms. The van der Waals surface area contributed by atoms with Crippen molar-refractivity contribution in [2.24, 2.45) is 0 Å². The molecule has 2 aromatic carbocycles. The molecule has 1 N–H and O–H groups in total. The molecule has 0 saturated carbocycles. The highest BCUT2D eigenvalue weighted by Crippen LogP contribution is 2.27. The van der Waals surface area contributed by atoms with Gasteiger partial charge in [0.15, 0.2) is 11.5 Å². The van der Waals surface area contributed by atoms with Gasteiger partial charge in [-0.1, -0.05) is 12.1 Å². The third-order valence-electron chi connectivity index (χ3n) is 4.26. The number of hydrogen-bond acceptors (Lipinski definition) is 4. The lowest BCUT2D eigenvalue weighted by molar-refractivity contribution is -0.115. The molecule has 2 aromatic rings. The van der Waals surface area contributed by atoms with Gasteiger partial charge in [-0.05, 0) is 49.7 Å². The fraction of sp³-hybridized carbons (Fsp3) is 0.333. The quantitative estimate of drug-likeness (QED) is 0.774. The van der Waals surface area contributed by atoms with Crippen LogP contribution in [0.2, 0.25) is 0 Å². The highest BCUT2D eigenvalue weighted by Gasteiger charge is 2.14. The molecular weight excluding hydrogens is 344 g/mol. The first-order valence-corrected chi connectivity index (χ1v) is 8.92. The smallest absolute Gasteiger partial charge is 0.253 e. The Morgan fingerprint density at radius 3 is 2.30 bits per heavy atom. The number of ether oxygens (including phenoxy) is 2. The average molecular weight is 370 g/mol. The van der Waals surface area contributed by atoms with Crippen LogP contribution in [-0.2, 0) is 11.2 Å². The van der Waals surface area contributed by atoms with E-state index in [1.54, 1.807) is 55.5 Å². The molecule has 0 aromatic heterocycles. The Balaban J connectivity index is 2.08. The zero-order valence-electron chi connectivity index (χ0n) is 16.2. The minimum atomic E-state index is -0.172. The predicted octanol–water partition coefficient (Wildman–Crippen LogP) is 3.37. The maximum atomic E-state index is 12.5. The summed E-state index contributed by atoms with van der Waals surface area (Å²) in [6, 6.07) is 12.4. The van der Waals surface area contributed by atoms with Gasteiger partial charge >= 0.3 is 0 Å². The molecule has 0 bridgehead atoms. The predicted molar refractivity (Wildman–Crippen MR) is 106 cm³/mol. The minimum absolute atomic E-state index is 0.0454. The van der Waals surface area contributed by atoms with E-state index in [4.69, 9.17) is 9.47 Å². The molecule has 0 radical (unpaired) electrons. The summed E-state index contributed by atoms with van der Waals surface area (Å²) < 4.78 is 10.5. The van der Waals surface area contributed by atoms with Gasteiger partial charge in [0.1, 0.15) is 0 Å². The standard InChI is InChI=1S/C21H26N2O4/c1-5-23(6-2)21(25)16-8-7-9-17(14-16)22-20(24)13-15-10-11-18(26-3)19(12-15)27-4/h7-12,14H,5-6,13H2,1-4H3,(H,22,24). The first-order valence-electron chi connectivity index (χ1n) is 8.92. The Labute approximate surface area is 160 Å². The van der Waals surface area contributed by atoms with Crippen molar-refractivity contribution in [2.45, 2.75) is 20.3 Å². The summed E-state index contributed by atoms with van der Waals surface area (Å²) in [4.78, 5) is 26.6. The third kappa shape index (κ3) is 5.23. The number of anilines is 1. The van der Waals surface area contributed by atoms with Gasteiger partial charge in [0, 0.05) is 24.3 Å². The van der Waals surface area contributed by atoms with Crippen LogP contribution >= 0.6 is 0 Å². The number of carbonyl (C=O) groups is 2. The molecule has 2 rings (SSSR count). The molecule has 0 aliphatic rings. The molecule has 0 fully saturated rings. The number of hydrogen-bond donors (Lipinski definition) is 1. The van der Waals surface area contributed by atoms with E-state index in [1.165, 1.54) is 0 Å². The lowest BCUT2D eigenvalue weighted by Gasteiger charge is -2.19. The van der Waals surface area contributed by atoms with Crippen LogP contribution in [0.4, 0.5) is 5.69 Å². The summed E-state index contributed by atoms with van der Waals surface area (Å²) in [5, 5.41) is 2.84. The second-order valence-corrected chi connectivity index (χ2v) is 5.97. The Hall–Kier alpha value is -3.02. The van der Waals surface area contributed by atoms with Crippen molar-refractivity contribution in [1.82, 2.24) is 4.90 Å². The van der Waals surface area contributed by atoms with Gasteiger partial charge < -0.3 is 19.7 Å². The van der Waals surface area contributed by atoms with Crippen molar-refractivity contribution >= 4 is 17.5 Å². The van der Waals surface area contributed by atoms with Crippen molar-refractivity contribution in [1.29, 1.82) is 0 Å². The summed E-state index contributed by atoms with van der Waals surface area (Å²) in [5.41, 5.74) is 1.96. The van der Waals surface area contributed by atoms with Crippen LogP contribution < -0.4 is 14.8 Å². The van der Waals surface area contributed by atoms with Crippen LogP contribution in [0.5, 0.6) is 11.5 Å². The van der Waals surface area contributed by atoms with E-state index < -0.39 is 0 Å². The number of benzene rings is 2. The molecule has 2 amide bonds. The molecule has 0 unspecified atom stereocenters. The molecule has 0 heterocycles. The maximum absolute atomic E-state index is 12.5.